The summed E-state index contributed by atoms with van der Waals surface area (Å²) in [6.07, 6.45) is 1.85. The molecule has 2 amide bonds. The molecule has 1 saturated heterocycles. The first kappa shape index (κ1) is 20.3. The lowest BCUT2D eigenvalue weighted by Gasteiger charge is -2.32. The van der Waals surface area contributed by atoms with Gasteiger partial charge in [0.05, 0.1) is 11.0 Å². The van der Waals surface area contributed by atoms with Crippen molar-refractivity contribution in [2.45, 2.75) is 38.2 Å². The molecule has 7 heteroatoms. The van der Waals surface area contributed by atoms with Crippen LogP contribution in [0.15, 0.2) is 54.6 Å². The van der Waals surface area contributed by atoms with Crippen LogP contribution in [0.5, 0.6) is 0 Å². The van der Waals surface area contributed by atoms with E-state index in [0.717, 1.165) is 17.4 Å². The Labute approximate surface area is 174 Å². The Hall–Kier alpha value is -2.96. The van der Waals surface area contributed by atoms with E-state index in [4.69, 9.17) is 0 Å². The Morgan fingerprint density at radius 3 is 2.47 bits per heavy atom. The maximum Gasteiger partial charge on any atom is 0.320 e. The standard InChI is InChI=1S/C23H26F2N4O/c1-16(21-27-19-9-5-6-10-20(19)29(21)22(24)25)15-26-23(30)28-13-11-18(12-14-28)17-7-3-2-4-8-17/h2-10,16,18,22H,11-15H2,1H3,(H,26,30)/t16-/m0/s1. The van der Waals surface area contributed by atoms with Crippen LogP contribution in [-0.2, 0) is 0 Å². The molecular weight excluding hydrogens is 386 g/mol. The number of likely N-dealkylation sites (tertiary alicyclic amines) is 1. The number of urea groups is 1. The second-order valence-electron chi connectivity index (χ2n) is 7.87. The fourth-order valence-electron chi connectivity index (χ4n) is 4.20. The lowest BCUT2D eigenvalue weighted by atomic mass is 9.90. The predicted octanol–water partition coefficient (Wildman–Crippen LogP) is 5.12. The molecular formula is C23H26F2N4O. The molecule has 0 radical (unpaired) electrons. The van der Waals surface area contributed by atoms with Crippen LogP contribution in [0.2, 0.25) is 0 Å². The van der Waals surface area contributed by atoms with Crippen molar-refractivity contribution < 1.29 is 13.6 Å². The summed E-state index contributed by atoms with van der Waals surface area (Å²) in [5, 5.41) is 2.90. The third-order valence-electron chi connectivity index (χ3n) is 5.87. The molecule has 1 aromatic heterocycles. The number of nitrogens with zero attached hydrogens (tertiary/aromatic N) is 3. The third-order valence-corrected chi connectivity index (χ3v) is 5.87. The fourth-order valence-corrected chi connectivity index (χ4v) is 4.20. The highest BCUT2D eigenvalue weighted by Crippen LogP contribution is 2.29. The number of para-hydroxylation sites is 2. The third kappa shape index (κ3) is 4.15. The molecule has 5 nitrogen and oxygen atoms in total. The van der Waals surface area contributed by atoms with E-state index in [-0.39, 0.29) is 24.3 Å². The molecule has 0 spiro atoms. The van der Waals surface area contributed by atoms with Crippen molar-refractivity contribution in [3.8, 4) is 0 Å². The van der Waals surface area contributed by atoms with Crippen molar-refractivity contribution in [1.82, 2.24) is 19.8 Å². The molecule has 1 atom stereocenters. The maximum absolute atomic E-state index is 13.6. The zero-order valence-electron chi connectivity index (χ0n) is 17.0. The summed E-state index contributed by atoms with van der Waals surface area (Å²) in [4.78, 5) is 18.8. The van der Waals surface area contributed by atoms with Gasteiger partial charge in [0.2, 0.25) is 0 Å². The lowest BCUT2D eigenvalue weighted by molar-refractivity contribution is 0.0704. The summed E-state index contributed by atoms with van der Waals surface area (Å²) in [7, 11) is 0. The lowest BCUT2D eigenvalue weighted by Crippen LogP contribution is -2.45. The van der Waals surface area contributed by atoms with Crippen LogP contribution in [0.3, 0.4) is 0 Å². The SMILES string of the molecule is C[C@@H](CNC(=O)N1CCC(c2ccccc2)CC1)c1nc2ccccc2n1C(F)F. The van der Waals surface area contributed by atoms with Crippen LogP contribution in [0.25, 0.3) is 11.0 Å². The number of carbonyl (C=O) groups excluding carboxylic acids is 1. The molecule has 0 aliphatic carbocycles. The van der Waals surface area contributed by atoms with Gasteiger partial charge in [0.1, 0.15) is 5.82 Å². The van der Waals surface area contributed by atoms with Crippen LogP contribution in [0.4, 0.5) is 13.6 Å². The molecule has 1 aliphatic rings. The number of hydrogen-bond acceptors (Lipinski definition) is 2. The highest BCUT2D eigenvalue weighted by molar-refractivity contribution is 5.76. The summed E-state index contributed by atoms with van der Waals surface area (Å²) in [6.45, 7) is 0.766. The Kier molecular flexibility index (Phi) is 5.97. The normalized spacial score (nSPS) is 16.2. The fraction of sp³-hybridized carbons (Fsp3) is 0.391. The number of imidazole rings is 1. The molecule has 4 rings (SSSR count). The first-order valence-corrected chi connectivity index (χ1v) is 10.4. The van der Waals surface area contributed by atoms with Crippen LogP contribution < -0.4 is 5.32 Å². The first-order valence-electron chi connectivity index (χ1n) is 10.4. The van der Waals surface area contributed by atoms with Gasteiger partial charge in [0.25, 0.3) is 0 Å². The van der Waals surface area contributed by atoms with E-state index in [2.05, 4.69) is 22.4 Å². The van der Waals surface area contributed by atoms with Crippen molar-refractivity contribution in [1.29, 1.82) is 0 Å². The highest BCUT2D eigenvalue weighted by Gasteiger charge is 2.25. The number of nitrogens with one attached hydrogen (secondary N) is 1. The molecule has 3 aromatic rings. The smallest absolute Gasteiger partial charge is 0.320 e. The van der Waals surface area contributed by atoms with Crippen LogP contribution in [0.1, 0.15) is 49.5 Å². The molecule has 30 heavy (non-hydrogen) atoms. The van der Waals surface area contributed by atoms with E-state index in [0.29, 0.717) is 30.0 Å². The number of piperidine rings is 1. The number of benzene rings is 2. The van der Waals surface area contributed by atoms with E-state index in [1.54, 1.807) is 24.3 Å². The maximum atomic E-state index is 13.6. The van der Waals surface area contributed by atoms with Crippen molar-refractivity contribution >= 4 is 17.1 Å². The van der Waals surface area contributed by atoms with Crippen molar-refractivity contribution in [3.63, 3.8) is 0 Å². The minimum atomic E-state index is -2.68. The monoisotopic (exact) mass is 412 g/mol. The number of carbonyl (C=O) groups is 1. The van der Waals surface area contributed by atoms with E-state index in [1.807, 2.05) is 30.0 Å². The zero-order valence-corrected chi connectivity index (χ0v) is 17.0. The van der Waals surface area contributed by atoms with Crippen LogP contribution in [0, 0.1) is 0 Å². The molecule has 1 N–H and O–H groups in total. The van der Waals surface area contributed by atoms with Gasteiger partial charge in [-0.25, -0.2) is 9.78 Å². The van der Waals surface area contributed by atoms with Gasteiger partial charge in [0.15, 0.2) is 0 Å². The number of aromatic nitrogens is 2. The first-order chi connectivity index (χ1) is 14.5. The molecule has 0 saturated carbocycles. The average Bonchev–Trinajstić information content (AvgIpc) is 3.18. The number of rotatable bonds is 5. The van der Waals surface area contributed by atoms with E-state index < -0.39 is 6.55 Å². The van der Waals surface area contributed by atoms with Crippen molar-refractivity contribution in [3.05, 3.63) is 66.0 Å². The quantitative estimate of drug-likeness (QED) is 0.632. The molecule has 2 aromatic carbocycles. The Bertz CT molecular complexity index is 997. The molecule has 2 heterocycles. The summed E-state index contributed by atoms with van der Waals surface area (Å²) in [5.74, 6) is 0.423. The molecule has 158 valence electrons. The molecule has 0 bridgehead atoms. The molecule has 1 fully saturated rings. The van der Waals surface area contributed by atoms with E-state index >= 15 is 0 Å². The number of alkyl halides is 2. The summed E-state index contributed by atoms with van der Waals surface area (Å²) in [5.41, 5.74) is 2.26. The van der Waals surface area contributed by atoms with Gasteiger partial charge in [-0.15, -0.1) is 0 Å². The van der Waals surface area contributed by atoms with E-state index in [1.165, 1.54) is 5.56 Å². The molecule has 1 aliphatic heterocycles. The Morgan fingerprint density at radius 1 is 1.10 bits per heavy atom. The van der Waals surface area contributed by atoms with Gasteiger partial charge in [-0.05, 0) is 36.5 Å². The van der Waals surface area contributed by atoms with Gasteiger partial charge in [-0.2, -0.15) is 8.78 Å². The number of hydrogen-bond donors (Lipinski definition) is 1. The van der Waals surface area contributed by atoms with Gasteiger partial charge in [0, 0.05) is 25.6 Å². The van der Waals surface area contributed by atoms with Crippen molar-refractivity contribution in [2.75, 3.05) is 19.6 Å². The largest absolute Gasteiger partial charge is 0.337 e. The van der Waals surface area contributed by atoms with Gasteiger partial charge < -0.3 is 10.2 Å². The second kappa shape index (κ2) is 8.81. The predicted molar refractivity (Wildman–Crippen MR) is 113 cm³/mol. The summed E-state index contributed by atoms with van der Waals surface area (Å²) < 4.78 is 28.2. The van der Waals surface area contributed by atoms with Crippen molar-refractivity contribution in [2.24, 2.45) is 0 Å². The van der Waals surface area contributed by atoms with Crippen LogP contribution >= 0.6 is 0 Å². The van der Waals surface area contributed by atoms with Gasteiger partial charge in [-0.1, -0.05) is 49.4 Å². The number of halogens is 2. The Balaban J connectivity index is 1.35. The highest BCUT2D eigenvalue weighted by atomic mass is 19.3. The topological polar surface area (TPSA) is 50.2 Å². The number of amides is 2. The minimum Gasteiger partial charge on any atom is -0.337 e. The summed E-state index contributed by atoms with van der Waals surface area (Å²) in [6, 6.07) is 17.1. The minimum absolute atomic E-state index is 0.145. The summed E-state index contributed by atoms with van der Waals surface area (Å²) >= 11 is 0. The van der Waals surface area contributed by atoms with Gasteiger partial charge >= 0.3 is 12.6 Å². The Morgan fingerprint density at radius 2 is 1.77 bits per heavy atom. The van der Waals surface area contributed by atoms with E-state index in [9.17, 15) is 13.6 Å². The number of fused-ring (bicyclic) bond motifs is 1. The molecule has 0 unspecified atom stereocenters. The second-order valence-corrected chi connectivity index (χ2v) is 7.87. The van der Waals surface area contributed by atoms with Gasteiger partial charge in [-0.3, -0.25) is 4.57 Å². The average molecular weight is 412 g/mol. The zero-order chi connectivity index (χ0) is 21.1. The van der Waals surface area contributed by atoms with Crippen LogP contribution in [-0.4, -0.2) is 40.1 Å².